The minimum absolute atomic E-state index is 0.123. The van der Waals surface area contributed by atoms with Crippen LogP contribution in [0.15, 0.2) is 22.7 Å². The van der Waals surface area contributed by atoms with Crippen LogP contribution < -0.4 is 5.73 Å². The second-order valence-corrected chi connectivity index (χ2v) is 5.35. The van der Waals surface area contributed by atoms with Gasteiger partial charge in [-0.1, -0.05) is 40.5 Å². The molecule has 1 aromatic rings. The van der Waals surface area contributed by atoms with Gasteiger partial charge in [-0.2, -0.15) is 0 Å². The van der Waals surface area contributed by atoms with Crippen molar-refractivity contribution < 1.29 is 4.79 Å². The van der Waals surface area contributed by atoms with E-state index < -0.39 is 0 Å². The Morgan fingerprint density at radius 1 is 1.50 bits per heavy atom. The van der Waals surface area contributed by atoms with Gasteiger partial charge in [0.25, 0.3) is 0 Å². The molecule has 0 fully saturated rings. The SMILES string of the molecule is CC(N)C(C)C(=O)Cc1ccc(Br)cc1Cl. The average molecular weight is 305 g/mol. The number of rotatable bonds is 4. The molecule has 1 rings (SSSR count). The molecule has 0 saturated carbocycles. The summed E-state index contributed by atoms with van der Waals surface area (Å²) in [6.07, 6.45) is 0.342. The maximum Gasteiger partial charge on any atom is 0.141 e. The Labute approximate surface area is 109 Å². The molecule has 0 amide bonds. The van der Waals surface area contributed by atoms with Crippen LogP contribution in [-0.2, 0) is 11.2 Å². The molecule has 0 aliphatic carbocycles. The molecule has 0 heterocycles. The number of hydrogen-bond donors (Lipinski definition) is 1. The second-order valence-electron chi connectivity index (χ2n) is 4.03. The van der Waals surface area contributed by atoms with Crippen LogP contribution in [0.25, 0.3) is 0 Å². The second kappa shape index (κ2) is 5.80. The summed E-state index contributed by atoms with van der Waals surface area (Å²) in [4.78, 5) is 11.8. The van der Waals surface area contributed by atoms with Gasteiger partial charge in [0.2, 0.25) is 0 Å². The summed E-state index contributed by atoms with van der Waals surface area (Å²) in [7, 11) is 0. The summed E-state index contributed by atoms with van der Waals surface area (Å²) in [5, 5.41) is 0.611. The Kier molecular flexibility index (Phi) is 4.96. The fourth-order valence-corrected chi connectivity index (χ4v) is 2.05. The third kappa shape index (κ3) is 3.58. The molecule has 2 N–H and O–H groups in total. The summed E-state index contributed by atoms with van der Waals surface area (Å²) in [6, 6.07) is 5.41. The van der Waals surface area contributed by atoms with Crippen molar-refractivity contribution in [2.24, 2.45) is 11.7 Å². The van der Waals surface area contributed by atoms with Gasteiger partial charge in [0, 0.05) is 27.9 Å². The standard InChI is InChI=1S/C12H15BrClNO/c1-7(8(2)15)12(16)5-9-3-4-10(13)6-11(9)14/h3-4,6-8H,5,15H2,1-2H3. The summed E-state index contributed by atoms with van der Waals surface area (Å²) in [6.45, 7) is 3.69. The fraction of sp³-hybridized carbons (Fsp3) is 0.417. The van der Waals surface area contributed by atoms with E-state index in [1.807, 2.05) is 26.0 Å². The lowest BCUT2D eigenvalue weighted by molar-refractivity contribution is -0.122. The molecule has 0 aromatic heterocycles. The van der Waals surface area contributed by atoms with E-state index in [0.717, 1.165) is 10.0 Å². The fourth-order valence-electron chi connectivity index (χ4n) is 1.31. The number of Topliss-reactive ketones (excluding diaryl/α,β-unsaturated/α-hetero) is 1. The maximum absolute atomic E-state index is 11.8. The lowest BCUT2D eigenvalue weighted by Gasteiger charge is -2.14. The predicted molar refractivity (Wildman–Crippen MR) is 70.7 cm³/mol. The smallest absolute Gasteiger partial charge is 0.141 e. The lowest BCUT2D eigenvalue weighted by Crippen LogP contribution is -2.31. The molecule has 2 unspecified atom stereocenters. The molecule has 0 aliphatic heterocycles. The van der Waals surface area contributed by atoms with Crippen molar-refractivity contribution in [3.8, 4) is 0 Å². The quantitative estimate of drug-likeness (QED) is 0.928. The molecule has 0 bridgehead atoms. The van der Waals surface area contributed by atoms with E-state index in [1.165, 1.54) is 0 Å². The highest BCUT2D eigenvalue weighted by molar-refractivity contribution is 9.10. The molecule has 16 heavy (non-hydrogen) atoms. The average Bonchev–Trinajstić information content (AvgIpc) is 2.20. The number of ketones is 1. The Hall–Kier alpha value is -0.380. The normalized spacial score (nSPS) is 14.6. The molecule has 2 nitrogen and oxygen atoms in total. The van der Waals surface area contributed by atoms with Crippen molar-refractivity contribution in [1.29, 1.82) is 0 Å². The van der Waals surface area contributed by atoms with E-state index in [-0.39, 0.29) is 17.7 Å². The topological polar surface area (TPSA) is 43.1 Å². The number of halogens is 2. The van der Waals surface area contributed by atoms with Crippen molar-refractivity contribution in [2.45, 2.75) is 26.3 Å². The molecule has 0 spiro atoms. The van der Waals surface area contributed by atoms with Crippen LogP contribution in [0.5, 0.6) is 0 Å². The zero-order valence-electron chi connectivity index (χ0n) is 9.34. The summed E-state index contributed by atoms with van der Waals surface area (Å²) in [5.41, 5.74) is 6.54. The van der Waals surface area contributed by atoms with Crippen LogP contribution in [0.1, 0.15) is 19.4 Å². The van der Waals surface area contributed by atoms with Gasteiger partial charge in [-0.15, -0.1) is 0 Å². The summed E-state index contributed by atoms with van der Waals surface area (Å²) in [5.74, 6) is -0.0149. The molecule has 0 aliphatic rings. The molecule has 0 radical (unpaired) electrons. The Morgan fingerprint density at radius 2 is 2.12 bits per heavy atom. The van der Waals surface area contributed by atoms with Gasteiger partial charge in [0.05, 0.1) is 0 Å². The molecule has 4 heteroatoms. The Balaban J connectivity index is 2.77. The van der Waals surface area contributed by atoms with E-state index in [0.29, 0.717) is 11.4 Å². The van der Waals surface area contributed by atoms with Gasteiger partial charge < -0.3 is 5.73 Å². The number of nitrogens with two attached hydrogens (primary N) is 1. The summed E-state index contributed by atoms with van der Waals surface area (Å²) < 4.78 is 0.911. The van der Waals surface area contributed by atoms with Crippen molar-refractivity contribution in [3.63, 3.8) is 0 Å². The number of carbonyl (C=O) groups excluding carboxylic acids is 1. The van der Waals surface area contributed by atoms with E-state index in [2.05, 4.69) is 15.9 Å². The van der Waals surface area contributed by atoms with Crippen molar-refractivity contribution in [3.05, 3.63) is 33.3 Å². The lowest BCUT2D eigenvalue weighted by atomic mass is 9.94. The van der Waals surface area contributed by atoms with Crippen LogP contribution in [0.2, 0.25) is 5.02 Å². The first kappa shape index (κ1) is 13.7. The molecule has 88 valence electrons. The zero-order valence-corrected chi connectivity index (χ0v) is 11.7. The van der Waals surface area contributed by atoms with Crippen molar-refractivity contribution >= 4 is 33.3 Å². The first-order valence-electron chi connectivity index (χ1n) is 5.14. The van der Waals surface area contributed by atoms with Crippen molar-refractivity contribution in [1.82, 2.24) is 0 Å². The first-order chi connectivity index (χ1) is 7.41. The summed E-state index contributed by atoms with van der Waals surface area (Å²) >= 11 is 9.37. The van der Waals surface area contributed by atoms with Crippen LogP contribution in [0, 0.1) is 5.92 Å². The number of carbonyl (C=O) groups is 1. The highest BCUT2D eigenvalue weighted by atomic mass is 79.9. The minimum atomic E-state index is -0.139. The monoisotopic (exact) mass is 303 g/mol. The zero-order chi connectivity index (χ0) is 12.3. The van der Waals surface area contributed by atoms with Gasteiger partial charge >= 0.3 is 0 Å². The Bertz CT molecular complexity index is 393. The van der Waals surface area contributed by atoms with Crippen LogP contribution >= 0.6 is 27.5 Å². The third-order valence-electron chi connectivity index (χ3n) is 2.68. The minimum Gasteiger partial charge on any atom is -0.327 e. The third-order valence-corrected chi connectivity index (χ3v) is 3.52. The van der Waals surface area contributed by atoms with E-state index in [1.54, 1.807) is 6.07 Å². The predicted octanol–water partition coefficient (Wildman–Crippen LogP) is 3.20. The van der Waals surface area contributed by atoms with Gasteiger partial charge in [0.15, 0.2) is 0 Å². The van der Waals surface area contributed by atoms with E-state index >= 15 is 0 Å². The molecular weight excluding hydrogens is 289 g/mol. The molecule has 1 aromatic carbocycles. The first-order valence-corrected chi connectivity index (χ1v) is 6.31. The van der Waals surface area contributed by atoms with E-state index in [9.17, 15) is 4.79 Å². The largest absolute Gasteiger partial charge is 0.327 e. The molecule has 2 atom stereocenters. The van der Waals surface area contributed by atoms with Crippen LogP contribution in [0.4, 0.5) is 0 Å². The highest BCUT2D eigenvalue weighted by Gasteiger charge is 2.18. The number of hydrogen-bond acceptors (Lipinski definition) is 2. The number of benzene rings is 1. The maximum atomic E-state index is 11.8. The van der Waals surface area contributed by atoms with Crippen molar-refractivity contribution in [2.75, 3.05) is 0 Å². The van der Waals surface area contributed by atoms with Gasteiger partial charge in [-0.05, 0) is 24.6 Å². The van der Waals surface area contributed by atoms with Crippen LogP contribution in [0.3, 0.4) is 0 Å². The van der Waals surface area contributed by atoms with Gasteiger partial charge in [-0.25, -0.2) is 0 Å². The molecule has 0 saturated heterocycles. The van der Waals surface area contributed by atoms with Gasteiger partial charge in [0.1, 0.15) is 5.78 Å². The van der Waals surface area contributed by atoms with Crippen LogP contribution in [-0.4, -0.2) is 11.8 Å². The Morgan fingerprint density at radius 3 is 2.62 bits per heavy atom. The van der Waals surface area contributed by atoms with E-state index in [4.69, 9.17) is 17.3 Å². The van der Waals surface area contributed by atoms with Gasteiger partial charge in [-0.3, -0.25) is 4.79 Å². The molecular formula is C12H15BrClNO. The highest BCUT2D eigenvalue weighted by Crippen LogP contribution is 2.22.